The summed E-state index contributed by atoms with van der Waals surface area (Å²) >= 11 is 0. The molecule has 2 aromatic rings. The molecular formula is C16H21N5O2. The Bertz CT molecular complexity index is 602. The first kappa shape index (κ1) is 15.6. The third-order valence-electron chi connectivity index (χ3n) is 4.05. The number of aromatic nitrogens is 4. The number of hydrogen-bond donors (Lipinski definition) is 1. The molecule has 1 aliphatic heterocycles. The van der Waals surface area contributed by atoms with Gasteiger partial charge in [0, 0.05) is 31.3 Å². The summed E-state index contributed by atoms with van der Waals surface area (Å²) in [6.07, 6.45) is 8.88. The van der Waals surface area contributed by atoms with Crippen LogP contribution in [0.1, 0.15) is 18.4 Å². The molecule has 0 aliphatic carbocycles. The molecule has 7 nitrogen and oxygen atoms in total. The number of hydrogen-bond acceptors (Lipinski definition) is 5. The molecule has 0 spiro atoms. The molecule has 2 atom stereocenters. The first-order chi connectivity index (χ1) is 11.3. The van der Waals surface area contributed by atoms with E-state index in [1.165, 1.54) is 11.9 Å². The lowest BCUT2D eigenvalue weighted by atomic mass is 9.95. The number of aryl methyl sites for hydroxylation is 1. The molecule has 3 heterocycles. The number of ether oxygens (including phenoxy) is 1. The molecule has 122 valence electrons. The van der Waals surface area contributed by atoms with Crippen LogP contribution >= 0.6 is 0 Å². The van der Waals surface area contributed by atoms with E-state index in [0.717, 1.165) is 12.8 Å². The highest BCUT2D eigenvalue weighted by molar-refractivity contribution is 5.76. The lowest BCUT2D eigenvalue weighted by molar-refractivity contribution is -0.122. The third kappa shape index (κ3) is 4.59. The fraction of sp³-hybridized carbons (Fsp3) is 0.500. The van der Waals surface area contributed by atoms with Crippen LogP contribution in [0.15, 0.2) is 37.2 Å². The van der Waals surface area contributed by atoms with Crippen LogP contribution in [0.3, 0.4) is 0 Å². The molecule has 1 N–H and O–H groups in total. The minimum atomic E-state index is 0.0698. The molecule has 3 rings (SSSR count). The monoisotopic (exact) mass is 315 g/mol. The summed E-state index contributed by atoms with van der Waals surface area (Å²) < 4.78 is 7.29. The van der Waals surface area contributed by atoms with Gasteiger partial charge in [0.2, 0.25) is 5.91 Å². The molecule has 0 unspecified atom stereocenters. The Morgan fingerprint density at radius 3 is 2.96 bits per heavy atom. The van der Waals surface area contributed by atoms with Gasteiger partial charge in [0.1, 0.15) is 12.7 Å². The van der Waals surface area contributed by atoms with Crippen molar-refractivity contribution < 1.29 is 9.53 Å². The normalized spacial score (nSPS) is 20.5. The highest BCUT2D eigenvalue weighted by atomic mass is 16.5. The Morgan fingerprint density at radius 2 is 2.17 bits per heavy atom. The summed E-state index contributed by atoms with van der Waals surface area (Å²) in [7, 11) is 0. The van der Waals surface area contributed by atoms with E-state index < -0.39 is 0 Å². The van der Waals surface area contributed by atoms with Crippen molar-refractivity contribution >= 4 is 5.91 Å². The molecule has 1 amide bonds. The fourth-order valence-corrected chi connectivity index (χ4v) is 2.81. The van der Waals surface area contributed by atoms with E-state index in [2.05, 4.69) is 20.4 Å². The van der Waals surface area contributed by atoms with Gasteiger partial charge in [-0.1, -0.05) is 0 Å². The molecule has 1 aliphatic rings. The summed E-state index contributed by atoms with van der Waals surface area (Å²) in [4.78, 5) is 20.0. The molecule has 0 bridgehead atoms. The topological polar surface area (TPSA) is 81.9 Å². The average molecular weight is 315 g/mol. The van der Waals surface area contributed by atoms with Crippen LogP contribution in [-0.2, 0) is 22.5 Å². The standard InChI is InChI=1S/C16H21N5O2/c22-16(2-1-7-21-12-18-11-19-21)20-15-10-23-9-14(15)8-13-3-5-17-6-4-13/h3-6,11-12,14-15H,1-2,7-10H2,(H,20,22)/t14-,15-/m1/s1. The second-order valence-corrected chi connectivity index (χ2v) is 5.79. The number of rotatable bonds is 7. The number of pyridine rings is 1. The molecule has 0 aromatic carbocycles. The summed E-state index contributed by atoms with van der Waals surface area (Å²) in [5, 5.41) is 7.13. The molecule has 1 fully saturated rings. The number of amides is 1. The van der Waals surface area contributed by atoms with Crippen molar-refractivity contribution in [3.63, 3.8) is 0 Å². The predicted octanol–water partition coefficient (Wildman–Crippen LogP) is 0.827. The largest absolute Gasteiger partial charge is 0.379 e. The highest BCUT2D eigenvalue weighted by Crippen LogP contribution is 2.19. The molecule has 1 saturated heterocycles. The van der Waals surface area contributed by atoms with Crippen molar-refractivity contribution in [3.8, 4) is 0 Å². The van der Waals surface area contributed by atoms with Gasteiger partial charge in [-0.05, 0) is 30.5 Å². The average Bonchev–Trinajstić information content (AvgIpc) is 3.21. The van der Waals surface area contributed by atoms with E-state index in [1.807, 2.05) is 12.1 Å². The minimum absolute atomic E-state index is 0.0698. The maximum Gasteiger partial charge on any atom is 0.220 e. The zero-order valence-corrected chi connectivity index (χ0v) is 13.0. The van der Waals surface area contributed by atoms with Gasteiger partial charge in [0.05, 0.1) is 19.3 Å². The van der Waals surface area contributed by atoms with E-state index >= 15 is 0 Å². The van der Waals surface area contributed by atoms with Gasteiger partial charge in [0.15, 0.2) is 0 Å². The fourth-order valence-electron chi connectivity index (χ4n) is 2.81. The molecule has 2 aromatic heterocycles. The van der Waals surface area contributed by atoms with Gasteiger partial charge in [-0.25, -0.2) is 4.98 Å². The Morgan fingerprint density at radius 1 is 1.30 bits per heavy atom. The molecule has 0 radical (unpaired) electrons. The lowest BCUT2D eigenvalue weighted by Crippen LogP contribution is -2.40. The highest BCUT2D eigenvalue weighted by Gasteiger charge is 2.29. The molecular weight excluding hydrogens is 294 g/mol. The first-order valence-corrected chi connectivity index (χ1v) is 7.89. The van der Waals surface area contributed by atoms with E-state index in [1.54, 1.807) is 23.4 Å². The maximum atomic E-state index is 12.1. The Hall–Kier alpha value is -2.28. The van der Waals surface area contributed by atoms with E-state index in [4.69, 9.17) is 4.74 Å². The van der Waals surface area contributed by atoms with Crippen molar-refractivity contribution in [3.05, 3.63) is 42.7 Å². The van der Waals surface area contributed by atoms with E-state index in [9.17, 15) is 4.79 Å². The molecule has 23 heavy (non-hydrogen) atoms. The Labute approximate surface area is 135 Å². The number of nitrogens with zero attached hydrogens (tertiary/aromatic N) is 4. The van der Waals surface area contributed by atoms with Crippen LogP contribution in [-0.4, -0.2) is 44.9 Å². The van der Waals surface area contributed by atoms with Crippen molar-refractivity contribution in [1.29, 1.82) is 0 Å². The SMILES string of the molecule is O=C(CCCn1cncn1)N[C@@H]1COC[C@H]1Cc1ccncc1. The number of carbonyl (C=O) groups is 1. The van der Waals surface area contributed by atoms with Crippen LogP contribution in [0.4, 0.5) is 0 Å². The Kier molecular flexibility index (Phi) is 5.31. The van der Waals surface area contributed by atoms with E-state index in [-0.39, 0.29) is 11.9 Å². The van der Waals surface area contributed by atoms with Gasteiger partial charge in [-0.2, -0.15) is 5.10 Å². The van der Waals surface area contributed by atoms with Crippen LogP contribution in [0.2, 0.25) is 0 Å². The van der Waals surface area contributed by atoms with Gasteiger partial charge in [-0.15, -0.1) is 0 Å². The van der Waals surface area contributed by atoms with Crippen LogP contribution in [0.25, 0.3) is 0 Å². The van der Waals surface area contributed by atoms with Crippen molar-refractivity contribution in [2.45, 2.75) is 31.8 Å². The minimum Gasteiger partial charge on any atom is -0.379 e. The van der Waals surface area contributed by atoms with Crippen molar-refractivity contribution in [1.82, 2.24) is 25.1 Å². The quantitative estimate of drug-likeness (QED) is 0.818. The van der Waals surface area contributed by atoms with Crippen molar-refractivity contribution in [2.24, 2.45) is 5.92 Å². The Balaban J connectivity index is 1.43. The molecule has 7 heteroatoms. The van der Waals surface area contributed by atoms with Crippen LogP contribution in [0.5, 0.6) is 0 Å². The number of carbonyl (C=O) groups excluding carboxylic acids is 1. The summed E-state index contributed by atoms with van der Waals surface area (Å²) in [5.41, 5.74) is 1.22. The second-order valence-electron chi connectivity index (χ2n) is 5.79. The second kappa shape index (κ2) is 7.82. The smallest absolute Gasteiger partial charge is 0.220 e. The zero-order valence-electron chi connectivity index (χ0n) is 13.0. The van der Waals surface area contributed by atoms with Gasteiger partial charge in [0.25, 0.3) is 0 Å². The van der Waals surface area contributed by atoms with Gasteiger partial charge >= 0.3 is 0 Å². The molecule has 0 saturated carbocycles. The summed E-state index contributed by atoms with van der Waals surface area (Å²) in [6.45, 7) is 1.98. The predicted molar refractivity (Wildman–Crippen MR) is 83.4 cm³/mol. The summed E-state index contributed by atoms with van der Waals surface area (Å²) in [6, 6.07) is 4.10. The van der Waals surface area contributed by atoms with Crippen LogP contribution in [0, 0.1) is 5.92 Å². The third-order valence-corrected chi connectivity index (χ3v) is 4.05. The van der Waals surface area contributed by atoms with Crippen LogP contribution < -0.4 is 5.32 Å². The zero-order chi connectivity index (χ0) is 15.9. The van der Waals surface area contributed by atoms with Gasteiger partial charge < -0.3 is 10.1 Å². The first-order valence-electron chi connectivity index (χ1n) is 7.89. The maximum absolute atomic E-state index is 12.1. The van der Waals surface area contributed by atoms with Crippen molar-refractivity contribution in [2.75, 3.05) is 13.2 Å². The van der Waals surface area contributed by atoms with E-state index in [0.29, 0.717) is 32.1 Å². The van der Waals surface area contributed by atoms with Gasteiger partial charge in [-0.3, -0.25) is 14.5 Å². The summed E-state index contributed by atoms with van der Waals surface area (Å²) in [5.74, 6) is 0.386. The number of nitrogens with one attached hydrogen (secondary N) is 1. The lowest BCUT2D eigenvalue weighted by Gasteiger charge is -2.19.